The lowest BCUT2D eigenvalue weighted by Gasteiger charge is -2.37. The molecule has 2 atom stereocenters. The Balaban J connectivity index is 2.38. The fraction of sp³-hybridized carbons (Fsp3) is 0.625. The van der Waals surface area contributed by atoms with Crippen molar-refractivity contribution < 1.29 is 17.9 Å². The zero-order valence-corrected chi connectivity index (χ0v) is 12.9. The normalized spacial score (nSPS) is 23.7. The van der Waals surface area contributed by atoms with Crippen molar-refractivity contribution in [2.75, 3.05) is 18.0 Å². The topological polar surface area (TPSA) is 12.5 Å². The number of alkyl halides is 3. The molecule has 1 fully saturated rings. The SMILES string of the molecule is CC(C)c1ccc(N2C[C@@H](C)O[C@@H](C)C2)cc1C(F)(F)F. The maximum Gasteiger partial charge on any atom is 0.416 e. The third-order valence-electron chi connectivity index (χ3n) is 3.75. The first kappa shape index (κ1) is 16.1. The molecule has 0 amide bonds. The van der Waals surface area contributed by atoms with Gasteiger partial charge in [0.05, 0.1) is 17.8 Å². The molecular formula is C16H22F3NO. The van der Waals surface area contributed by atoms with Crippen molar-refractivity contribution in [1.29, 1.82) is 0 Å². The zero-order chi connectivity index (χ0) is 15.8. The van der Waals surface area contributed by atoms with Gasteiger partial charge < -0.3 is 9.64 Å². The second kappa shape index (κ2) is 5.87. The highest BCUT2D eigenvalue weighted by Crippen LogP contribution is 2.37. The van der Waals surface area contributed by atoms with Crippen LogP contribution in [0, 0.1) is 0 Å². The predicted octanol–water partition coefficient (Wildman–Crippen LogP) is 4.44. The Kier molecular flexibility index (Phi) is 4.51. The Morgan fingerprint density at radius 1 is 1.14 bits per heavy atom. The number of rotatable bonds is 2. The number of anilines is 1. The van der Waals surface area contributed by atoms with Gasteiger partial charge in [-0.25, -0.2) is 0 Å². The number of benzene rings is 1. The van der Waals surface area contributed by atoms with Gasteiger partial charge in [-0.1, -0.05) is 19.9 Å². The molecule has 1 aliphatic heterocycles. The minimum atomic E-state index is -4.32. The average Bonchev–Trinajstić information content (AvgIpc) is 2.35. The summed E-state index contributed by atoms with van der Waals surface area (Å²) in [7, 11) is 0. The zero-order valence-electron chi connectivity index (χ0n) is 12.9. The van der Waals surface area contributed by atoms with E-state index in [2.05, 4.69) is 0 Å². The molecular weight excluding hydrogens is 279 g/mol. The molecule has 2 rings (SSSR count). The van der Waals surface area contributed by atoms with Gasteiger partial charge in [0.1, 0.15) is 0 Å². The van der Waals surface area contributed by atoms with Gasteiger partial charge in [-0.15, -0.1) is 0 Å². The second-order valence-corrected chi connectivity index (χ2v) is 6.09. The van der Waals surface area contributed by atoms with E-state index in [1.807, 2.05) is 18.7 Å². The number of hydrogen-bond donors (Lipinski definition) is 0. The quantitative estimate of drug-likeness (QED) is 0.800. The number of hydrogen-bond acceptors (Lipinski definition) is 2. The van der Waals surface area contributed by atoms with E-state index in [0.29, 0.717) is 24.3 Å². The summed E-state index contributed by atoms with van der Waals surface area (Å²) >= 11 is 0. The van der Waals surface area contributed by atoms with E-state index in [1.54, 1.807) is 26.0 Å². The lowest BCUT2D eigenvalue weighted by atomic mass is 9.96. The molecule has 5 heteroatoms. The maximum absolute atomic E-state index is 13.3. The van der Waals surface area contributed by atoms with Gasteiger partial charge in [0, 0.05) is 18.8 Å². The first-order chi connectivity index (χ1) is 9.68. The molecule has 1 heterocycles. The van der Waals surface area contributed by atoms with Crippen molar-refractivity contribution in [3.63, 3.8) is 0 Å². The summed E-state index contributed by atoms with van der Waals surface area (Å²) in [6.07, 6.45) is -4.28. The predicted molar refractivity (Wildman–Crippen MR) is 77.8 cm³/mol. The molecule has 0 aromatic heterocycles. The molecule has 0 saturated carbocycles. The van der Waals surface area contributed by atoms with Crippen LogP contribution in [-0.2, 0) is 10.9 Å². The van der Waals surface area contributed by atoms with E-state index in [9.17, 15) is 13.2 Å². The average molecular weight is 301 g/mol. The van der Waals surface area contributed by atoms with Crippen LogP contribution in [0.2, 0.25) is 0 Å². The van der Waals surface area contributed by atoms with E-state index in [1.165, 1.54) is 6.07 Å². The molecule has 1 aromatic rings. The van der Waals surface area contributed by atoms with Crippen molar-refractivity contribution in [2.24, 2.45) is 0 Å². The summed E-state index contributed by atoms with van der Waals surface area (Å²) in [5.74, 6) is -0.154. The van der Waals surface area contributed by atoms with E-state index in [-0.39, 0.29) is 18.1 Å². The Bertz CT molecular complexity index is 489. The van der Waals surface area contributed by atoms with Gasteiger partial charge in [0.2, 0.25) is 0 Å². The monoisotopic (exact) mass is 301 g/mol. The van der Waals surface area contributed by atoms with Crippen LogP contribution in [0.3, 0.4) is 0 Å². The summed E-state index contributed by atoms with van der Waals surface area (Å²) in [4.78, 5) is 1.97. The van der Waals surface area contributed by atoms with Gasteiger partial charge in [0.25, 0.3) is 0 Å². The van der Waals surface area contributed by atoms with Crippen LogP contribution in [0.1, 0.15) is 44.7 Å². The number of nitrogens with zero attached hydrogens (tertiary/aromatic N) is 1. The van der Waals surface area contributed by atoms with E-state index >= 15 is 0 Å². The van der Waals surface area contributed by atoms with Crippen LogP contribution in [0.4, 0.5) is 18.9 Å². The summed E-state index contributed by atoms with van der Waals surface area (Å²) < 4.78 is 45.4. The number of morpholine rings is 1. The standard InChI is InChI=1S/C16H22F3NO/c1-10(2)14-6-5-13(7-15(14)16(17,18)19)20-8-11(3)21-12(4)9-20/h5-7,10-12H,8-9H2,1-4H3/t11-,12+. The summed E-state index contributed by atoms with van der Waals surface area (Å²) in [5, 5.41) is 0. The van der Waals surface area contributed by atoms with Gasteiger partial charge in [-0.2, -0.15) is 13.2 Å². The highest BCUT2D eigenvalue weighted by molar-refractivity contribution is 5.53. The highest BCUT2D eigenvalue weighted by atomic mass is 19.4. The van der Waals surface area contributed by atoms with Crippen LogP contribution in [-0.4, -0.2) is 25.3 Å². The van der Waals surface area contributed by atoms with Gasteiger partial charge in [-0.3, -0.25) is 0 Å². The molecule has 0 bridgehead atoms. The van der Waals surface area contributed by atoms with Crippen molar-refractivity contribution in [3.8, 4) is 0 Å². The molecule has 118 valence electrons. The van der Waals surface area contributed by atoms with Crippen molar-refractivity contribution >= 4 is 5.69 Å². The van der Waals surface area contributed by atoms with Crippen molar-refractivity contribution in [1.82, 2.24) is 0 Å². The summed E-state index contributed by atoms with van der Waals surface area (Å²) in [5.41, 5.74) is 0.441. The molecule has 1 saturated heterocycles. The Hall–Kier alpha value is -1.23. The third kappa shape index (κ3) is 3.70. The van der Waals surface area contributed by atoms with Crippen LogP contribution >= 0.6 is 0 Å². The molecule has 0 unspecified atom stereocenters. The molecule has 1 aliphatic rings. The van der Waals surface area contributed by atoms with E-state index < -0.39 is 11.7 Å². The van der Waals surface area contributed by atoms with Crippen molar-refractivity contribution in [2.45, 2.75) is 52.0 Å². The third-order valence-corrected chi connectivity index (χ3v) is 3.75. The smallest absolute Gasteiger partial charge is 0.372 e. The molecule has 1 aromatic carbocycles. The van der Waals surface area contributed by atoms with Crippen LogP contribution in [0.15, 0.2) is 18.2 Å². The number of halogens is 3. The highest BCUT2D eigenvalue weighted by Gasteiger charge is 2.35. The summed E-state index contributed by atoms with van der Waals surface area (Å²) in [6, 6.07) is 4.67. The van der Waals surface area contributed by atoms with Crippen LogP contribution in [0.5, 0.6) is 0 Å². The lowest BCUT2D eigenvalue weighted by Crippen LogP contribution is -2.45. The largest absolute Gasteiger partial charge is 0.416 e. The maximum atomic E-state index is 13.3. The Morgan fingerprint density at radius 3 is 2.19 bits per heavy atom. The van der Waals surface area contributed by atoms with Gasteiger partial charge >= 0.3 is 6.18 Å². The minimum absolute atomic E-state index is 0.0212. The first-order valence-electron chi connectivity index (χ1n) is 7.30. The van der Waals surface area contributed by atoms with Gasteiger partial charge in [0.15, 0.2) is 0 Å². The molecule has 0 spiro atoms. The van der Waals surface area contributed by atoms with Crippen LogP contribution < -0.4 is 4.90 Å². The molecule has 0 N–H and O–H groups in total. The summed E-state index contributed by atoms with van der Waals surface area (Å²) in [6.45, 7) is 8.67. The number of ether oxygens (including phenoxy) is 1. The van der Waals surface area contributed by atoms with Crippen molar-refractivity contribution in [3.05, 3.63) is 29.3 Å². The first-order valence-corrected chi connectivity index (χ1v) is 7.30. The lowest BCUT2D eigenvalue weighted by molar-refractivity contribution is -0.138. The molecule has 0 radical (unpaired) electrons. The molecule has 21 heavy (non-hydrogen) atoms. The van der Waals surface area contributed by atoms with Crippen LogP contribution in [0.25, 0.3) is 0 Å². The Morgan fingerprint density at radius 2 is 1.71 bits per heavy atom. The molecule has 0 aliphatic carbocycles. The van der Waals surface area contributed by atoms with E-state index in [4.69, 9.17) is 4.74 Å². The second-order valence-electron chi connectivity index (χ2n) is 6.09. The fourth-order valence-corrected chi connectivity index (χ4v) is 2.88. The van der Waals surface area contributed by atoms with Gasteiger partial charge in [-0.05, 0) is 37.5 Å². The minimum Gasteiger partial charge on any atom is -0.372 e. The fourth-order valence-electron chi connectivity index (χ4n) is 2.88. The molecule has 2 nitrogen and oxygen atoms in total. The van der Waals surface area contributed by atoms with E-state index in [0.717, 1.165) is 0 Å². The Labute approximate surface area is 123 Å².